The van der Waals surface area contributed by atoms with Crippen LogP contribution in [0.2, 0.25) is 0 Å². The van der Waals surface area contributed by atoms with Gasteiger partial charge in [0.1, 0.15) is 17.1 Å². The van der Waals surface area contributed by atoms with Gasteiger partial charge >= 0.3 is 6.18 Å². The van der Waals surface area contributed by atoms with E-state index in [1.807, 2.05) is 5.38 Å². The van der Waals surface area contributed by atoms with E-state index in [-0.39, 0.29) is 17.8 Å². The minimum Gasteiger partial charge on any atom is -0.497 e. The lowest BCUT2D eigenvalue weighted by atomic mass is 10.0. The summed E-state index contributed by atoms with van der Waals surface area (Å²) in [7, 11) is 1.53. The van der Waals surface area contributed by atoms with Crippen molar-refractivity contribution in [2.24, 2.45) is 0 Å². The lowest BCUT2D eigenvalue weighted by Gasteiger charge is -2.33. The Morgan fingerprint density at radius 3 is 2.69 bits per heavy atom. The average Bonchev–Trinajstić information content (AvgIpc) is 3.37. The number of fused-ring (bicyclic) bond motifs is 1. The largest absolute Gasteiger partial charge is 0.497 e. The number of carbonyl (C=O) groups is 1. The average molecular weight is 422 g/mol. The van der Waals surface area contributed by atoms with Crippen LogP contribution in [0, 0.1) is 0 Å². The number of nitrogens with one attached hydrogen (secondary N) is 2. The molecule has 0 spiro atoms. The summed E-state index contributed by atoms with van der Waals surface area (Å²) in [6, 6.07) is 7.83. The molecule has 0 radical (unpaired) electrons. The molecule has 1 aliphatic rings. The van der Waals surface area contributed by atoms with Gasteiger partial charge in [0.2, 0.25) is 0 Å². The van der Waals surface area contributed by atoms with E-state index in [2.05, 4.69) is 15.7 Å². The topological polar surface area (TPSA) is 68.2 Å². The van der Waals surface area contributed by atoms with E-state index in [0.29, 0.717) is 11.4 Å². The number of thiophene rings is 1. The summed E-state index contributed by atoms with van der Waals surface area (Å²) in [5.74, 6) is 0.138. The Bertz CT molecular complexity index is 1000. The van der Waals surface area contributed by atoms with Crippen molar-refractivity contribution >= 4 is 28.7 Å². The van der Waals surface area contributed by atoms with Gasteiger partial charge < -0.3 is 15.4 Å². The number of hydrogen-bond donors (Lipinski definition) is 2. The zero-order chi connectivity index (χ0) is 20.6. The normalized spacial score (nSPS) is 18.6. The van der Waals surface area contributed by atoms with E-state index in [9.17, 15) is 18.0 Å². The Labute approximate surface area is 168 Å². The number of methoxy groups -OCH3 is 1. The van der Waals surface area contributed by atoms with E-state index in [4.69, 9.17) is 4.74 Å². The number of aromatic nitrogens is 2. The Morgan fingerprint density at radius 1 is 1.31 bits per heavy atom. The van der Waals surface area contributed by atoms with Gasteiger partial charge in [-0.1, -0.05) is 6.07 Å². The van der Waals surface area contributed by atoms with Crippen molar-refractivity contribution in [1.82, 2.24) is 9.78 Å². The van der Waals surface area contributed by atoms with Crippen LogP contribution in [0.3, 0.4) is 0 Å². The van der Waals surface area contributed by atoms with Crippen molar-refractivity contribution in [1.29, 1.82) is 0 Å². The highest BCUT2D eigenvalue weighted by molar-refractivity contribution is 7.10. The first kappa shape index (κ1) is 19.3. The molecule has 0 fully saturated rings. The molecular formula is C19H17F3N4O2S. The molecule has 2 atom stereocenters. The molecule has 4 rings (SSSR count). The number of rotatable bonds is 4. The maximum absolute atomic E-state index is 13.7. The van der Waals surface area contributed by atoms with Crippen molar-refractivity contribution in [3.63, 3.8) is 0 Å². The summed E-state index contributed by atoms with van der Waals surface area (Å²) < 4.78 is 46.9. The molecule has 0 saturated heterocycles. The van der Waals surface area contributed by atoms with E-state index in [1.54, 1.807) is 36.4 Å². The van der Waals surface area contributed by atoms with Crippen LogP contribution in [0.5, 0.6) is 5.75 Å². The van der Waals surface area contributed by atoms with Crippen molar-refractivity contribution in [2.75, 3.05) is 17.7 Å². The van der Waals surface area contributed by atoms with Crippen LogP contribution in [-0.2, 0) is 0 Å². The van der Waals surface area contributed by atoms with E-state index in [0.717, 1.165) is 15.8 Å². The summed E-state index contributed by atoms with van der Waals surface area (Å²) >= 11 is 1.37. The third-order valence-electron chi connectivity index (χ3n) is 4.72. The molecule has 1 aliphatic heterocycles. The predicted octanol–water partition coefficient (Wildman–Crippen LogP) is 4.87. The van der Waals surface area contributed by atoms with Gasteiger partial charge in [-0.05, 0) is 35.7 Å². The summed E-state index contributed by atoms with van der Waals surface area (Å²) in [4.78, 5) is 13.5. The number of amides is 1. The van der Waals surface area contributed by atoms with Crippen LogP contribution in [0.15, 0.2) is 48.0 Å². The second-order valence-corrected chi connectivity index (χ2v) is 7.52. The van der Waals surface area contributed by atoms with Crippen LogP contribution in [0.4, 0.5) is 24.7 Å². The molecule has 0 saturated carbocycles. The molecular weight excluding hydrogens is 405 g/mol. The fraction of sp³-hybridized carbons (Fsp3) is 0.263. The summed E-state index contributed by atoms with van der Waals surface area (Å²) in [5.41, 5.74) is 0.546. The third-order valence-corrected chi connectivity index (χ3v) is 5.70. The molecule has 10 heteroatoms. The molecule has 29 heavy (non-hydrogen) atoms. The van der Waals surface area contributed by atoms with Crippen molar-refractivity contribution in [3.05, 3.63) is 58.4 Å². The van der Waals surface area contributed by atoms with Gasteiger partial charge in [0.15, 0.2) is 6.04 Å². The fourth-order valence-corrected chi connectivity index (χ4v) is 4.07. The second kappa shape index (κ2) is 7.43. The van der Waals surface area contributed by atoms with Gasteiger partial charge in [0, 0.05) is 17.0 Å². The van der Waals surface area contributed by atoms with Gasteiger partial charge in [0.05, 0.1) is 19.3 Å². The summed E-state index contributed by atoms with van der Waals surface area (Å²) in [6.45, 7) is 0. The zero-order valence-corrected chi connectivity index (χ0v) is 16.1. The molecule has 1 aromatic carbocycles. The highest BCUT2D eigenvalue weighted by atomic mass is 32.1. The second-order valence-electron chi connectivity index (χ2n) is 6.54. The monoisotopic (exact) mass is 422 g/mol. The number of benzene rings is 1. The Balaban J connectivity index is 1.64. The molecule has 1 amide bonds. The molecule has 3 aromatic rings. The van der Waals surface area contributed by atoms with E-state index < -0.39 is 24.2 Å². The molecule has 3 heterocycles. The number of nitrogens with zero attached hydrogens (tertiary/aromatic N) is 2. The van der Waals surface area contributed by atoms with Crippen molar-refractivity contribution < 1.29 is 22.7 Å². The van der Waals surface area contributed by atoms with Crippen molar-refractivity contribution in [3.8, 4) is 5.75 Å². The molecule has 2 N–H and O–H groups in total. The molecule has 152 valence electrons. The number of ether oxygens (including phenoxy) is 1. The zero-order valence-electron chi connectivity index (χ0n) is 15.2. The van der Waals surface area contributed by atoms with Gasteiger partial charge in [-0.25, -0.2) is 4.68 Å². The first-order chi connectivity index (χ1) is 13.9. The van der Waals surface area contributed by atoms with Gasteiger partial charge in [-0.3, -0.25) is 4.79 Å². The minimum absolute atomic E-state index is 0.0522. The SMILES string of the molecule is COc1ccc(NC(=O)c2cnn3c2N[C@H](c2cccs2)C[C@H]3C(F)(F)F)cc1. The van der Waals surface area contributed by atoms with Crippen LogP contribution in [0.1, 0.15) is 33.7 Å². The standard InChI is InChI=1S/C19H17F3N4O2S/c1-28-12-6-4-11(5-7-12)24-18(27)13-10-23-26-16(19(20,21)22)9-14(25-17(13)26)15-3-2-8-29-15/h2-8,10,14,16,25H,9H2,1H3,(H,24,27)/t14-,16-/m0/s1. The van der Waals surface area contributed by atoms with Gasteiger partial charge in [-0.2, -0.15) is 18.3 Å². The van der Waals surface area contributed by atoms with Crippen LogP contribution >= 0.6 is 11.3 Å². The lowest BCUT2D eigenvalue weighted by Crippen LogP contribution is -2.36. The number of hydrogen-bond acceptors (Lipinski definition) is 5. The molecule has 0 aliphatic carbocycles. The van der Waals surface area contributed by atoms with E-state index >= 15 is 0 Å². The van der Waals surface area contributed by atoms with Crippen LogP contribution in [-0.4, -0.2) is 29.0 Å². The fourth-order valence-electron chi connectivity index (χ4n) is 3.28. The minimum atomic E-state index is -4.48. The number of alkyl halides is 3. The summed E-state index contributed by atoms with van der Waals surface area (Å²) in [5, 5.41) is 11.4. The Hall–Kier alpha value is -3.01. The van der Waals surface area contributed by atoms with Gasteiger partial charge in [-0.15, -0.1) is 11.3 Å². The molecule has 0 bridgehead atoms. The van der Waals surface area contributed by atoms with Crippen LogP contribution in [0.25, 0.3) is 0 Å². The first-order valence-corrected chi connectivity index (χ1v) is 9.64. The highest BCUT2D eigenvalue weighted by Crippen LogP contribution is 2.45. The number of halogens is 3. The predicted molar refractivity (Wildman–Crippen MR) is 104 cm³/mol. The van der Waals surface area contributed by atoms with Gasteiger partial charge in [0.25, 0.3) is 5.91 Å². The number of carbonyl (C=O) groups excluding carboxylic acids is 1. The Morgan fingerprint density at radius 2 is 2.07 bits per heavy atom. The maximum Gasteiger partial charge on any atom is 0.410 e. The maximum atomic E-state index is 13.7. The smallest absolute Gasteiger partial charge is 0.410 e. The Kier molecular flexibility index (Phi) is 4.95. The van der Waals surface area contributed by atoms with Crippen LogP contribution < -0.4 is 15.4 Å². The molecule has 0 unspecified atom stereocenters. The quantitative estimate of drug-likeness (QED) is 0.630. The lowest BCUT2D eigenvalue weighted by molar-refractivity contribution is -0.173. The molecule has 6 nitrogen and oxygen atoms in total. The highest BCUT2D eigenvalue weighted by Gasteiger charge is 2.47. The van der Waals surface area contributed by atoms with Crippen molar-refractivity contribution in [2.45, 2.75) is 24.7 Å². The third kappa shape index (κ3) is 3.80. The molecule has 2 aromatic heterocycles. The van der Waals surface area contributed by atoms with E-state index in [1.165, 1.54) is 18.4 Å². The number of anilines is 2. The first-order valence-electron chi connectivity index (χ1n) is 8.76. The summed E-state index contributed by atoms with van der Waals surface area (Å²) in [6.07, 6.45) is -3.52.